The van der Waals surface area contributed by atoms with Gasteiger partial charge >= 0.3 is 0 Å². The molecular weight excluding hydrogens is 406 g/mol. The number of hydrogen-bond acceptors (Lipinski definition) is 6. The Morgan fingerprint density at radius 1 is 1.17 bits per heavy atom. The number of hydrogen-bond donors (Lipinski definition) is 1. The maximum absolute atomic E-state index is 12.6. The van der Waals surface area contributed by atoms with E-state index in [1.807, 2.05) is 18.2 Å². The van der Waals surface area contributed by atoms with E-state index in [1.165, 1.54) is 26.2 Å². The molecule has 0 saturated heterocycles. The number of sulfonamides is 1. The van der Waals surface area contributed by atoms with Gasteiger partial charge < -0.3 is 10.1 Å². The van der Waals surface area contributed by atoms with E-state index in [4.69, 9.17) is 4.74 Å². The van der Waals surface area contributed by atoms with Crippen molar-refractivity contribution in [2.24, 2.45) is 0 Å². The molecule has 0 fully saturated rings. The Morgan fingerprint density at radius 2 is 1.87 bits per heavy atom. The summed E-state index contributed by atoms with van der Waals surface area (Å²) in [6, 6.07) is 13.6. The minimum atomic E-state index is -3.49. The van der Waals surface area contributed by atoms with E-state index in [-0.39, 0.29) is 23.0 Å². The van der Waals surface area contributed by atoms with E-state index in [0.29, 0.717) is 11.4 Å². The van der Waals surface area contributed by atoms with Crippen LogP contribution in [0, 0.1) is 6.92 Å². The lowest BCUT2D eigenvalue weighted by Gasteiger charge is -2.11. The second-order valence-corrected chi connectivity index (χ2v) is 8.90. The van der Waals surface area contributed by atoms with Gasteiger partial charge in [-0.2, -0.15) is 0 Å². The molecule has 3 rings (SSSR count). The highest BCUT2D eigenvalue weighted by Crippen LogP contribution is 2.18. The highest BCUT2D eigenvalue weighted by molar-refractivity contribution is 7.89. The van der Waals surface area contributed by atoms with E-state index < -0.39 is 10.0 Å². The van der Waals surface area contributed by atoms with Gasteiger partial charge in [0.1, 0.15) is 5.75 Å². The topological polar surface area (TPSA) is 106 Å². The summed E-state index contributed by atoms with van der Waals surface area (Å²) in [5.74, 6) is 0.305. The second kappa shape index (κ2) is 8.64. The lowest BCUT2D eigenvalue weighted by Crippen LogP contribution is -2.24. The van der Waals surface area contributed by atoms with Crippen LogP contribution in [-0.2, 0) is 16.6 Å². The maximum Gasteiger partial charge on any atom is 0.274 e. The molecule has 0 unspecified atom stereocenters. The van der Waals surface area contributed by atoms with Crippen molar-refractivity contribution in [2.45, 2.75) is 18.4 Å². The summed E-state index contributed by atoms with van der Waals surface area (Å²) in [6.45, 7) is 1.99. The molecular formula is C20H23N5O4S. The normalized spacial score (nSPS) is 11.5. The number of carbonyl (C=O) groups is 1. The molecule has 0 saturated carbocycles. The van der Waals surface area contributed by atoms with Gasteiger partial charge in [0.15, 0.2) is 5.69 Å². The van der Waals surface area contributed by atoms with Gasteiger partial charge in [-0.25, -0.2) is 17.4 Å². The highest BCUT2D eigenvalue weighted by atomic mass is 32.2. The third kappa shape index (κ3) is 4.34. The van der Waals surface area contributed by atoms with E-state index >= 15 is 0 Å². The largest absolute Gasteiger partial charge is 0.497 e. The SMILES string of the molecule is COc1cccc(-n2nnc(C(=O)NCc3ccc(S(=O)(=O)N(C)C)cc3)c2C)c1. The zero-order valence-electron chi connectivity index (χ0n) is 17.2. The second-order valence-electron chi connectivity index (χ2n) is 6.75. The van der Waals surface area contributed by atoms with Crippen LogP contribution in [0.3, 0.4) is 0 Å². The number of rotatable bonds is 7. The highest BCUT2D eigenvalue weighted by Gasteiger charge is 2.19. The van der Waals surface area contributed by atoms with Crippen LogP contribution < -0.4 is 10.1 Å². The Balaban J connectivity index is 1.71. The zero-order chi connectivity index (χ0) is 21.9. The number of nitrogens with zero attached hydrogens (tertiary/aromatic N) is 4. The molecule has 9 nitrogen and oxygen atoms in total. The van der Waals surface area contributed by atoms with Crippen molar-refractivity contribution in [3.8, 4) is 11.4 Å². The molecule has 1 aromatic heterocycles. The van der Waals surface area contributed by atoms with E-state index in [1.54, 1.807) is 36.9 Å². The monoisotopic (exact) mass is 429 g/mol. The summed E-state index contributed by atoms with van der Waals surface area (Å²) in [4.78, 5) is 12.8. The number of methoxy groups -OCH3 is 1. The lowest BCUT2D eigenvalue weighted by molar-refractivity contribution is 0.0945. The summed E-state index contributed by atoms with van der Waals surface area (Å²) in [7, 11) is 1.05. The van der Waals surface area contributed by atoms with Crippen molar-refractivity contribution in [3.63, 3.8) is 0 Å². The summed E-state index contributed by atoms with van der Waals surface area (Å²) in [6.07, 6.45) is 0. The van der Waals surface area contributed by atoms with Crippen LogP contribution in [0.25, 0.3) is 5.69 Å². The van der Waals surface area contributed by atoms with Crippen molar-refractivity contribution in [2.75, 3.05) is 21.2 Å². The fraction of sp³-hybridized carbons (Fsp3) is 0.250. The first-order valence-corrected chi connectivity index (χ1v) is 10.5. The molecule has 10 heteroatoms. The van der Waals surface area contributed by atoms with E-state index in [0.717, 1.165) is 15.6 Å². The quantitative estimate of drug-likeness (QED) is 0.613. The fourth-order valence-corrected chi connectivity index (χ4v) is 3.68. The predicted octanol–water partition coefficient (Wildman–Crippen LogP) is 1.76. The molecule has 3 aromatic rings. The predicted molar refractivity (Wildman–Crippen MR) is 111 cm³/mol. The average Bonchev–Trinajstić information content (AvgIpc) is 3.13. The van der Waals surface area contributed by atoms with Gasteiger partial charge in [-0.3, -0.25) is 4.79 Å². The molecule has 0 bridgehead atoms. The number of benzene rings is 2. The number of ether oxygens (including phenoxy) is 1. The molecule has 0 aliphatic heterocycles. The van der Waals surface area contributed by atoms with Crippen molar-refractivity contribution in [1.29, 1.82) is 0 Å². The smallest absolute Gasteiger partial charge is 0.274 e. The molecule has 1 N–H and O–H groups in total. The van der Waals surface area contributed by atoms with Crippen LogP contribution in [0.4, 0.5) is 0 Å². The Labute approximate surface area is 175 Å². The minimum Gasteiger partial charge on any atom is -0.497 e. The first-order chi connectivity index (χ1) is 14.2. The van der Waals surface area contributed by atoms with Gasteiger partial charge in [-0.1, -0.05) is 23.4 Å². The fourth-order valence-electron chi connectivity index (χ4n) is 2.78. The van der Waals surface area contributed by atoms with Crippen molar-refractivity contribution in [1.82, 2.24) is 24.6 Å². The Morgan fingerprint density at radius 3 is 2.50 bits per heavy atom. The molecule has 0 radical (unpaired) electrons. The third-order valence-corrected chi connectivity index (χ3v) is 6.39. The maximum atomic E-state index is 12.6. The summed E-state index contributed by atoms with van der Waals surface area (Å²) in [5.41, 5.74) is 2.30. The van der Waals surface area contributed by atoms with Crippen LogP contribution in [0.15, 0.2) is 53.4 Å². The molecule has 0 aliphatic carbocycles. The van der Waals surface area contributed by atoms with Crippen LogP contribution in [0.5, 0.6) is 5.75 Å². The van der Waals surface area contributed by atoms with Crippen LogP contribution in [0.2, 0.25) is 0 Å². The van der Waals surface area contributed by atoms with Crippen molar-refractivity contribution >= 4 is 15.9 Å². The first kappa shape index (κ1) is 21.5. The lowest BCUT2D eigenvalue weighted by atomic mass is 10.2. The Bertz CT molecular complexity index is 1150. The molecule has 1 heterocycles. The van der Waals surface area contributed by atoms with Crippen LogP contribution >= 0.6 is 0 Å². The van der Waals surface area contributed by atoms with Crippen LogP contribution in [-0.4, -0.2) is 54.8 Å². The standard InChI is InChI=1S/C20H23N5O4S/c1-14-19(22-23-25(14)16-6-5-7-17(12-16)29-4)20(26)21-13-15-8-10-18(11-9-15)30(27,28)24(2)3/h5-12H,13H2,1-4H3,(H,21,26). The van der Waals surface area contributed by atoms with Gasteiger partial charge in [-0.05, 0) is 36.8 Å². The number of amides is 1. The van der Waals surface area contributed by atoms with Gasteiger partial charge in [-0.15, -0.1) is 5.10 Å². The molecule has 0 spiro atoms. The Hall–Kier alpha value is -3.24. The average molecular weight is 430 g/mol. The third-order valence-electron chi connectivity index (χ3n) is 4.56. The number of nitrogens with one attached hydrogen (secondary N) is 1. The van der Waals surface area contributed by atoms with Gasteiger partial charge in [0.2, 0.25) is 10.0 Å². The Kier molecular flexibility index (Phi) is 6.18. The van der Waals surface area contributed by atoms with E-state index in [2.05, 4.69) is 15.6 Å². The summed E-state index contributed by atoms with van der Waals surface area (Å²) >= 11 is 0. The molecule has 30 heavy (non-hydrogen) atoms. The van der Waals surface area contributed by atoms with Crippen molar-refractivity contribution < 1.29 is 17.9 Å². The summed E-state index contributed by atoms with van der Waals surface area (Å²) in [5, 5.41) is 10.9. The number of carbonyl (C=O) groups excluding carboxylic acids is 1. The molecule has 0 atom stereocenters. The zero-order valence-corrected chi connectivity index (χ0v) is 18.0. The first-order valence-electron chi connectivity index (χ1n) is 9.10. The molecule has 158 valence electrons. The van der Waals surface area contributed by atoms with Crippen molar-refractivity contribution in [3.05, 3.63) is 65.5 Å². The number of aromatic nitrogens is 3. The van der Waals surface area contributed by atoms with E-state index in [9.17, 15) is 13.2 Å². The summed E-state index contributed by atoms with van der Waals surface area (Å²) < 4.78 is 32.2. The molecule has 2 aromatic carbocycles. The van der Waals surface area contributed by atoms with Gasteiger partial charge in [0.05, 0.1) is 23.4 Å². The van der Waals surface area contributed by atoms with Gasteiger partial charge in [0, 0.05) is 26.7 Å². The minimum absolute atomic E-state index is 0.194. The molecule has 0 aliphatic rings. The van der Waals surface area contributed by atoms with Gasteiger partial charge in [0.25, 0.3) is 5.91 Å². The molecule has 1 amide bonds. The van der Waals surface area contributed by atoms with Crippen LogP contribution in [0.1, 0.15) is 21.7 Å².